The third kappa shape index (κ3) is 2.85. The lowest BCUT2D eigenvalue weighted by molar-refractivity contribution is -0.119. The molecule has 0 saturated carbocycles. The minimum absolute atomic E-state index is 0.0442. The van der Waals surface area contributed by atoms with E-state index in [9.17, 15) is 9.18 Å². The van der Waals surface area contributed by atoms with E-state index in [2.05, 4.69) is 10.3 Å². The highest BCUT2D eigenvalue weighted by atomic mass is 35.5. The standard InChI is InChI=1S/C14H14Cl2FN3O/c15-4-3-13-19-11-5-9(16)10(17)6-12(11)20(13)7-8-1-2-14(21)18-8/h5-6,8H,1-4,7H2,(H,18,21). The smallest absolute Gasteiger partial charge is 0.220 e. The summed E-state index contributed by atoms with van der Waals surface area (Å²) in [6.45, 7) is 0.565. The molecule has 21 heavy (non-hydrogen) atoms. The number of rotatable bonds is 4. The molecule has 3 rings (SSSR count). The summed E-state index contributed by atoms with van der Waals surface area (Å²) in [5.74, 6) is 0.787. The number of hydrogen-bond donors (Lipinski definition) is 1. The fourth-order valence-corrected chi connectivity index (χ4v) is 3.01. The predicted molar refractivity (Wildman–Crippen MR) is 80.3 cm³/mol. The van der Waals surface area contributed by atoms with E-state index in [4.69, 9.17) is 23.2 Å². The third-order valence-corrected chi connectivity index (χ3v) is 4.15. The van der Waals surface area contributed by atoms with Gasteiger partial charge in [0.25, 0.3) is 0 Å². The molecule has 0 bridgehead atoms. The molecular weight excluding hydrogens is 316 g/mol. The van der Waals surface area contributed by atoms with Crippen molar-refractivity contribution in [2.45, 2.75) is 31.8 Å². The fourth-order valence-electron chi connectivity index (χ4n) is 2.68. The highest BCUT2D eigenvalue weighted by Crippen LogP contribution is 2.25. The lowest BCUT2D eigenvalue weighted by Crippen LogP contribution is -2.30. The van der Waals surface area contributed by atoms with E-state index in [0.29, 0.717) is 36.3 Å². The van der Waals surface area contributed by atoms with Crippen LogP contribution in [-0.2, 0) is 17.8 Å². The molecule has 1 unspecified atom stereocenters. The first-order chi connectivity index (χ1) is 10.1. The Kier molecular flexibility index (Phi) is 4.04. The van der Waals surface area contributed by atoms with Gasteiger partial charge in [-0.25, -0.2) is 9.37 Å². The molecule has 1 N–H and O–H groups in total. The summed E-state index contributed by atoms with van der Waals surface area (Å²) >= 11 is 11.6. The van der Waals surface area contributed by atoms with Gasteiger partial charge in [-0.15, -0.1) is 11.6 Å². The van der Waals surface area contributed by atoms with Crippen LogP contribution in [-0.4, -0.2) is 27.4 Å². The van der Waals surface area contributed by atoms with Crippen molar-refractivity contribution >= 4 is 40.1 Å². The first-order valence-electron chi connectivity index (χ1n) is 6.78. The van der Waals surface area contributed by atoms with E-state index >= 15 is 0 Å². The molecule has 2 heterocycles. The van der Waals surface area contributed by atoms with Gasteiger partial charge >= 0.3 is 0 Å². The van der Waals surface area contributed by atoms with Crippen LogP contribution in [0.5, 0.6) is 0 Å². The zero-order valence-corrected chi connectivity index (χ0v) is 12.7. The number of imidazole rings is 1. The maximum atomic E-state index is 13.7. The van der Waals surface area contributed by atoms with E-state index in [1.165, 1.54) is 12.1 Å². The van der Waals surface area contributed by atoms with E-state index in [1.54, 1.807) is 0 Å². The topological polar surface area (TPSA) is 46.9 Å². The van der Waals surface area contributed by atoms with E-state index in [0.717, 1.165) is 12.2 Å². The zero-order valence-electron chi connectivity index (χ0n) is 11.2. The maximum Gasteiger partial charge on any atom is 0.220 e. The Bertz CT molecular complexity index is 701. The molecule has 1 aliphatic rings. The second-order valence-electron chi connectivity index (χ2n) is 5.14. The van der Waals surface area contributed by atoms with Crippen molar-refractivity contribution < 1.29 is 9.18 Å². The number of alkyl halides is 1. The Hall–Kier alpha value is -1.33. The first kappa shape index (κ1) is 14.6. The quantitative estimate of drug-likeness (QED) is 0.877. The molecule has 0 aliphatic carbocycles. The molecule has 1 saturated heterocycles. The average Bonchev–Trinajstić information content (AvgIpc) is 2.97. The van der Waals surface area contributed by atoms with Crippen LogP contribution in [0.3, 0.4) is 0 Å². The number of halogens is 3. The van der Waals surface area contributed by atoms with Crippen molar-refractivity contribution in [3.8, 4) is 0 Å². The van der Waals surface area contributed by atoms with Crippen LogP contribution in [0.25, 0.3) is 11.0 Å². The molecule has 112 valence electrons. The minimum atomic E-state index is -0.474. The average molecular weight is 330 g/mol. The van der Waals surface area contributed by atoms with Gasteiger partial charge < -0.3 is 9.88 Å². The lowest BCUT2D eigenvalue weighted by atomic mass is 10.2. The highest BCUT2D eigenvalue weighted by molar-refractivity contribution is 6.31. The molecule has 1 amide bonds. The van der Waals surface area contributed by atoms with Crippen molar-refractivity contribution in [2.75, 3.05) is 5.88 Å². The van der Waals surface area contributed by atoms with Gasteiger partial charge in [0.15, 0.2) is 0 Å². The molecule has 1 aromatic carbocycles. The Morgan fingerprint density at radius 3 is 2.95 bits per heavy atom. The van der Waals surface area contributed by atoms with Crippen molar-refractivity contribution in [3.63, 3.8) is 0 Å². The normalized spacial score (nSPS) is 18.4. The summed E-state index contributed by atoms with van der Waals surface area (Å²) < 4.78 is 15.7. The van der Waals surface area contributed by atoms with E-state index in [-0.39, 0.29) is 17.0 Å². The van der Waals surface area contributed by atoms with Gasteiger partial charge in [-0.3, -0.25) is 4.79 Å². The van der Waals surface area contributed by atoms with Crippen molar-refractivity contribution in [1.29, 1.82) is 0 Å². The van der Waals surface area contributed by atoms with Crippen molar-refractivity contribution in [3.05, 3.63) is 28.8 Å². The predicted octanol–water partition coefficient (Wildman–Crippen LogP) is 2.89. The Balaban J connectivity index is 2.02. The minimum Gasteiger partial charge on any atom is -0.352 e. The molecule has 4 nitrogen and oxygen atoms in total. The van der Waals surface area contributed by atoms with Crippen LogP contribution >= 0.6 is 23.2 Å². The molecule has 1 atom stereocenters. The summed E-state index contributed by atoms with van der Waals surface area (Å²) in [5.41, 5.74) is 1.32. The van der Waals surface area contributed by atoms with Crippen LogP contribution < -0.4 is 5.32 Å². The molecule has 1 aromatic heterocycles. The number of aromatic nitrogens is 2. The van der Waals surface area contributed by atoms with Gasteiger partial charge in [-0.1, -0.05) is 11.6 Å². The van der Waals surface area contributed by atoms with Crippen molar-refractivity contribution in [2.24, 2.45) is 0 Å². The number of carbonyl (C=O) groups excluding carboxylic acids is 1. The molecular formula is C14H14Cl2FN3O. The lowest BCUT2D eigenvalue weighted by Gasteiger charge is -2.14. The maximum absolute atomic E-state index is 13.7. The van der Waals surface area contributed by atoms with Crippen LogP contribution in [0.1, 0.15) is 18.7 Å². The zero-order chi connectivity index (χ0) is 15.0. The number of aryl methyl sites for hydroxylation is 1. The molecule has 0 radical (unpaired) electrons. The van der Waals surface area contributed by atoms with E-state index in [1.807, 2.05) is 4.57 Å². The third-order valence-electron chi connectivity index (χ3n) is 3.68. The van der Waals surface area contributed by atoms with Gasteiger partial charge in [0.05, 0.1) is 16.1 Å². The summed E-state index contributed by atoms with van der Waals surface area (Å²) in [5, 5.41) is 2.97. The van der Waals surface area contributed by atoms with Gasteiger partial charge in [0.2, 0.25) is 5.91 Å². The van der Waals surface area contributed by atoms with Gasteiger partial charge in [0.1, 0.15) is 11.6 Å². The molecule has 1 aliphatic heterocycles. The number of hydrogen-bond acceptors (Lipinski definition) is 2. The first-order valence-corrected chi connectivity index (χ1v) is 7.69. The second kappa shape index (κ2) is 5.81. The van der Waals surface area contributed by atoms with Crippen molar-refractivity contribution in [1.82, 2.24) is 14.9 Å². The Labute approximate surface area is 131 Å². The van der Waals surface area contributed by atoms with Crippen LogP contribution in [0.2, 0.25) is 5.02 Å². The highest BCUT2D eigenvalue weighted by Gasteiger charge is 2.23. The SMILES string of the molecule is O=C1CCC(Cn2c(CCCl)nc3cc(Cl)c(F)cc32)N1. The summed E-state index contributed by atoms with van der Waals surface area (Å²) in [4.78, 5) is 15.8. The monoisotopic (exact) mass is 329 g/mol. The van der Waals surface area contributed by atoms with Crippen LogP contribution in [0, 0.1) is 5.82 Å². The molecule has 2 aromatic rings. The number of fused-ring (bicyclic) bond motifs is 1. The fraction of sp³-hybridized carbons (Fsp3) is 0.429. The number of carbonyl (C=O) groups is 1. The molecule has 7 heteroatoms. The summed E-state index contributed by atoms with van der Waals surface area (Å²) in [6, 6.07) is 2.95. The number of benzene rings is 1. The summed E-state index contributed by atoms with van der Waals surface area (Å²) in [7, 11) is 0. The number of nitrogens with one attached hydrogen (secondary N) is 1. The van der Waals surface area contributed by atoms with Crippen LogP contribution in [0.15, 0.2) is 12.1 Å². The Morgan fingerprint density at radius 2 is 2.29 bits per heavy atom. The number of nitrogens with zero attached hydrogens (tertiary/aromatic N) is 2. The largest absolute Gasteiger partial charge is 0.352 e. The van der Waals surface area contributed by atoms with Gasteiger partial charge in [-0.05, 0) is 12.5 Å². The molecule has 0 spiro atoms. The van der Waals surface area contributed by atoms with Gasteiger partial charge in [-0.2, -0.15) is 0 Å². The summed E-state index contributed by atoms with van der Waals surface area (Å²) in [6.07, 6.45) is 1.88. The Morgan fingerprint density at radius 1 is 1.48 bits per heavy atom. The van der Waals surface area contributed by atoms with Gasteiger partial charge in [0, 0.05) is 37.4 Å². The second-order valence-corrected chi connectivity index (χ2v) is 5.92. The van der Waals surface area contributed by atoms with Crippen LogP contribution in [0.4, 0.5) is 4.39 Å². The van der Waals surface area contributed by atoms with E-state index < -0.39 is 5.82 Å². The molecule has 1 fully saturated rings. The number of amides is 1.